The lowest BCUT2D eigenvalue weighted by Gasteiger charge is -2.62. The molecule has 7 rings (SSSR count). The summed E-state index contributed by atoms with van der Waals surface area (Å²) in [5.41, 5.74) is 2.28. The first-order chi connectivity index (χ1) is 12.7. The van der Waals surface area contributed by atoms with Gasteiger partial charge in [0.2, 0.25) is 0 Å². The van der Waals surface area contributed by atoms with E-state index in [0.717, 1.165) is 35.5 Å². The van der Waals surface area contributed by atoms with E-state index in [9.17, 15) is 0 Å². The molecule has 4 aliphatic rings. The van der Waals surface area contributed by atoms with Crippen molar-refractivity contribution >= 4 is 0 Å². The third kappa shape index (κ3) is 1.83. The number of imidazole rings is 2. The molecule has 0 saturated heterocycles. The molecule has 7 nitrogen and oxygen atoms in total. The van der Waals surface area contributed by atoms with E-state index < -0.39 is 0 Å². The lowest BCUT2D eigenvalue weighted by molar-refractivity contribution is -0.0968. The van der Waals surface area contributed by atoms with Crippen molar-refractivity contribution in [3.8, 4) is 11.5 Å². The van der Waals surface area contributed by atoms with Crippen molar-refractivity contribution in [1.82, 2.24) is 34.3 Å². The number of nitrogens with one attached hydrogen (secondary N) is 1. The van der Waals surface area contributed by atoms with Gasteiger partial charge in [0.15, 0.2) is 5.82 Å². The Morgan fingerprint density at radius 1 is 1.12 bits per heavy atom. The lowest BCUT2D eigenvalue weighted by atomic mass is 9.49. The Morgan fingerprint density at radius 2 is 1.92 bits per heavy atom. The van der Waals surface area contributed by atoms with Gasteiger partial charge < -0.3 is 9.55 Å². The zero-order valence-electron chi connectivity index (χ0n) is 15.0. The summed E-state index contributed by atoms with van der Waals surface area (Å²) < 4.78 is 4.61. The summed E-state index contributed by atoms with van der Waals surface area (Å²) in [5.74, 6) is 2.52. The van der Waals surface area contributed by atoms with Crippen LogP contribution in [0, 0.1) is 18.8 Å². The van der Waals surface area contributed by atoms with Gasteiger partial charge in [0.1, 0.15) is 18.3 Å². The molecule has 7 heteroatoms. The maximum absolute atomic E-state index is 4.71. The average Bonchev–Trinajstić information content (AvgIpc) is 3.35. The highest BCUT2D eigenvalue weighted by Crippen LogP contribution is 2.63. The minimum atomic E-state index is 0.114. The molecular weight excluding hydrogens is 326 g/mol. The minimum absolute atomic E-state index is 0.114. The van der Waals surface area contributed by atoms with Crippen LogP contribution < -0.4 is 0 Å². The topological polar surface area (TPSA) is 77.2 Å². The van der Waals surface area contributed by atoms with Crippen LogP contribution in [0.15, 0.2) is 31.4 Å². The van der Waals surface area contributed by atoms with E-state index in [-0.39, 0.29) is 11.1 Å². The Labute approximate surface area is 151 Å². The number of H-pyrrole nitrogens is 1. The van der Waals surface area contributed by atoms with Crippen LogP contribution in [0.2, 0.25) is 0 Å². The number of nitrogens with zero attached hydrogens (tertiary/aromatic N) is 6. The number of rotatable bonds is 3. The quantitative estimate of drug-likeness (QED) is 0.789. The van der Waals surface area contributed by atoms with Crippen LogP contribution in [0.4, 0.5) is 0 Å². The van der Waals surface area contributed by atoms with E-state index in [1.54, 1.807) is 12.7 Å². The van der Waals surface area contributed by atoms with Crippen molar-refractivity contribution in [3.05, 3.63) is 37.1 Å². The summed E-state index contributed by atoms with van der Waals surface area (Å²) in [6.45, 7) is 2.07. The largest absolute Gasteiger partial charge is 0.348 e. The molecule has 3 aromatic heterocycles. The van der Waals surface area contributed by atoms with Crippen LogP contribution in [-0.2, 0) is 11.1 Å². The van der Waals surface area contributed by atoms with Crippen LogP contribution in [-0.4, -0.2) is 34.3 Å². The number of aromatic nitrogens is 7. The van der Waals surface area contributed by atoms with Gasteiger partial charge in [0.05, 0.1) is 11.9 Å². The first kappa shape index (κ1) is 14.7. The Bertz CT molecular complexity index is 936. The highest BCUT2D eigenvalue weighted by molar-refractivity contribution is 5.53. The molecule has 4 aliphatic carbocycles. The predicted octanol–water partition coefficient (Wildman–Crippen LogP) is 2.88. The molecule has 0 aromatic carbocycles. The summed E-state index contributed by atoms with van der Waals surface area (Å²) in [6.07, 6.45) is 16.9. The second-order valence-electron chi connectivity index (χ2n) is 8.75. The van der Waals surface area contributed by atoms with Crippen LogP contribution in [0.25, 0.3) is 11.5 Å². The van der Waals surface area contributed by atoms with E-state index in [4.69, 9.17) is 4.98 Å². The van der Waals surface area contributed by atoms with Crippen molar-refractivity contribution in [1.29, 1.82) is 0 Å². The fraction of sp³-hybridized carbons (Fsp3) is 0.579. The van der Waals surface area contributed by atoms with Crippen LogP contribution >= 0.6 is 0 Å². The molecule has 0 aliphatic heterocycles. The second kappa shape index (κ2) is 4.84. The normalized spacial score (nSPS) is 35.3. The zero-order chi connectivity index (χ0) is 17.4. The highest BCUT2D eigenvalue weighted by Gasteiger charge is 2.60. The van der Waals surface area contributed by atoms with Gasteiger partial charge >= 0.3 is 0 Å². The molecule has 3 heterocycles. The molecule has 1 N–H and O–H groups in total. The maximum atomic E-state index is 4.71. The monoisotopic (exact) mass is 349 g/mol. The van der Waals surface area contributed by atoms with Gasteiger partial charge in [-0.05, 0) is 57.3 Å². The summed E-state index contributed by atoms with van der Waals surface area (Å²) in [4.78, 5) is 16.7. The second-order valence-corrected chi connectivity index (χ2v) is 8.75. The summed E-state index contributed by atoms with van der Waals surface area (Å²) in [5, 5.41) is 4.57. The molecule has 4 fully saturated rings. The van der Waals surface area contributed by atoms with Gasteiger partial charge in [-0.25, -0.2) is 19.6 Å². The third-order valence-corrected chi connectivity index (χ3v) is 7.10. The molecule has 4 bridgehead atoms. The van der Waals surface area contributed by atoms with Crippen molar-refractivity contribution in [2.75, 3.05) is 0 Å². The number of aryl methyl sites for hydroxylation is 1. The van der Waals surface area contributed by atoms with Crippen LogP contribution in [0.5, 0.6) is 0 Å². The molecule has 0 amide bonds. The molecule has 2 unspecified atom stereocenters. The molecule has 3 aromatic rings. The van der Waals surface area contributed by atoms with Crippen molar-refractivity contribution in [2.24, 2.45) is 11.8 Å². The molecular formula is C19H23N7. The average molecular weight is 349 g/mol. The van der Waals surface area contributed by atoms with Gasteiger partial charge in [0.25, 0.3) is 0 Å². The van der Waals surface area contributed by atoms with Crippen molar-refractivity contribution in [3.63, 3.8) is 0 Å². The van der Waals surface area contributed by atoms with Crippen molar-refractivity contribution in [2.45, 2.75) is 56.5 Å². The first-order valence-electron chi connectivity index (χ1n) is 9.57. The molecule has 0 radical (unpaired) electrons. The Morgan fingerprint density at radius 3 is 2.62 bits per heavy atom. The smallest absolute Gasteiger partial charge is 0.161 e. The fourth-order valence-electron chi connectivity index (χ4n) is 6.62. The van der Waals surface area contributed by atoms with E-state index in [1.807, 2.05) is 12.5 Å². The summed E-state index contributed by atoms with van der Waals surface area (Å²) in [7, 11) is 0. The predicted molar refractivity (Wildman–Crippen MR) is 95.2 cm³/mol. The van der Waals surface area contributed by atoms with Crippen LogP contribution in [0.1, 0.15) is 44.2 Å². The summed E-state index contributed by atoms with van der Waals surface area (Å²) >= 11 is 0. The number of aromatic amines is 1. The summed E-state index contributed by atoms with van der Waals surface area (Å²) in [6, 6.07) is 0. The Hall–Kier alpha value is -2.44. The fourth-order valence-corrected chi connectivity index (χ4v) is 6.62. The first-order valence-corrected chi connectivity index (χ1v) is 9.57. The van der Waals surface area contributed by atoms with E-state index in [2.05, 4.69) is 42.4 Å². The van der Waals surface area contributed by atoms with Gasteiger partial charge in [0, 0.05) is 23.6 Å². The standard InChI is InChI=1S/C19H23N7/c1-13-16(23-11-22-13)17-21-2-3-25(17)18-5-14-4-15(6-18)8-19(7-14,9-18)26-12-20-10-24-26/h2-3,10-12,14-15H,4-9H2,1H3,(H,22,23). The van der Waals surface area contributed by atoms with Gasteiger partial charge in [-0.2, -0.15) is 5.10 Å². The zero-order valence-corrected chi connectivity index (χ0v) is 15.0. The molecule has 26 heavy (non-hydrogen) atoms. The third-order valence-electron chi connectivity index (χ3n) is 7.10. The highest BCUT2D eigenvalue weighted by atomic mass is 15.4. The maximum Gasteiger partial charge on any atom is 0.161 e. The Kier molecular flexibility index (Phi) is 2.74. The van der Waals surface area contributed by atoms with E-state index in [1.165, 1.54) is 32.1 Å². The molecule has 134 valence electrons. The molecule has 2 atom stereocenters. The van der Waals surface area contributed by atoms with Crippen LogP contribution in [0.3, 0.4) is 0 Å². The Balaban J connectivity index is 1.50. The molecule has 4 saturated carbocycles. The van der Waals surface area contributed by atoms with Gasteiger partial charge in [-0.1, -0.05) is 0 Å². The SMILES string of the molecule is Cc1[nH]cnc1-c1nccn1C12CC3CC(CC(n4cncn4)(C3)C1)C2. The number of hydrogen-bond acceptors (Lipinski definition) is 4. The van der Waals surface area contributed by atoms with Gasteiger partial charge in [-0.15, -0.1) is 0 Å². The van der Waals surface area contributed by atoms with Gasteiger partial charge in [-0.3, -0.25) is 0 Å². The minimum Gasteiger partial charge on any atom is -0.348 e. The molecule has 0 spiro atoms. The lowest BCUT2D eigenvalue weighted by Crippen LogP contribution is -2.60. The van der Waals surface area contributed by atoms with Crippen molar-refractivity contribution < 1.29 is 0 Å². The number of hydrogen-bond donors (Lipinski definition) is 1. The van der Waals surface area contributed by atoms with E-state index in [0.29, 0.717) is 0 Å². The van der Waals surface area contributed by atoms with E-state index >= 15 is 0 Å².